The number of terminal acetylenes is 14. The molecule has 0 spiro atoms. The maximum absolute atomic E-state index is 11.6. The van der Waals surface area contributed by atoms with E-state index in [2.05, 4.69) is 82.9 Å². The largest absolute Gasteiger partial charge is 0.394 e. The summed E-state index contributed by atoms with van der Waals surface area (Å²) >= 11 is 0. The van der Waals surface area contributed by atoms with Crippen LogP contribution < -0.4 is 0 Å². The van der Waals surface area contributed by atoms with Crippen molar-refractivity contribution in [1.82, 2.24) is 0 Å². The Labute approximate surface area is 692 Å². The van der Waals surface area contributed by atoms with E-state index in [9.17, 15) is 35.7 Å². The van der Waals surface area contributed by atoms with Gasteiger partial charge in [0.15, 0.2) is 44.0 Å². The van der Waals surface area contributed by atoms with Crippen molar-refractivity contribution in [1.29, 1.82) is 0 Å². The maximum Gasteiger partial charge on any atom is 0.187 e. The van der Waals surface area contributed by atoms with Crippen molar-refractivity contribution >= 4 is 0 Å². The van der Waals surface area contributed by atoms with Crippen LogP contribution in [0.15, 0.2) is 0 Å². The lowest BCUT2D eigenvalue weighted by molar-refractivity contribution is -0.404. The van der Waals surface area contributed by atoms with Gasteiger partial charge in [-0.15, -0.1) is 89.9 Å². The van der Waals surface area contributed by atoms with Crippen molar-refractivity contribution in [3.05, 3.63) is 0 Å². The van der Waals surface area contributed by atoms with Gasteiger partial charge in [0.2, 0.25) is 0 Å². The normalized spacial score (nSPS) is 38.9. The van der Waals surface area contributed by atoms with Gasteiger partial charge in [0, 0.05) is 0 Å². The van der Waals surface area contributed by atoms with Crippen molar-refractivity contribution in [3.63, 3.8) is 0 Å². The molecule has 21 heterocycles. The second kappa shape index (κ2) is 51.4. The van der Waals surface area contributed by atoms with Gasteiger partial charge in [0.25, 0.3) is 0 Å². The SMILES string of the molecule is C#CCO[C@@H]1[C@@H](OCC#C)[C@H]2O[C@H]3[C@H](OCC#C)[C@@H](OCC#C)[C@@H](O[C@H]4[C@H](OCC#C)[C@@H](OCC#C)[C@@H](O[C@H]5[C@H](OCC#C)[C@@H](OCC#C)[C@@H](O[C@H]6[C@H](OCC#C)[C@@H](OCC#C)[C@@H](O[C@H]7[C@H](OCC#C)[C@@H](OCC#C)[C@@H](O[C@H]8[C@H](OCC#C)[C@@H](OCC#C)[C@@H](O[C@@H]1[C@@H](CO)O2)O[C@@H]8CO)O[C@@H]7CO)O[C@@H]6CO)O[C@@H]5CO)O[C@@H]4CO)O[C@@H]3CO. The Morgan fingerprint density at radius 3 is 0.328 bits per heavy atom. The molecular formula is C84H98O35. The molecule has 644 valence electrons. The van der Waals surface area contributed by atoms with Gasteiger partial charge in [-0.2, -0.15) is 0 Å². The molecule has 0 aromatic heterocycles. The maximum atomic E-state index is 11.6. The van der Waals surface area contributed by atoms with Gasteiger partial charge in [-0.25, -0.2) is 0 Å². The summed E-state index contributed by atoms with van der Waals surface area (Å²) in [6.45, 7) is -13.9. The van der Waals surface area contributed by atoms with Crippen molar-refractivity contribution < 1.29 is 168 Å². The minimum absolute atomic E-state index is 0.515. The topological polar surface area (TPSA) is 400 Å². The Morgan fingerprint density at radius 1 is 0.151 bits per heavy atom. The van der Waals surface area contributed by atoms with Crippen LogP contribution >= 0.6 is 0 Å². The molecule has 0 unspecified atom stereocenters. The molecule has 7 N–H and O–H groups in total. The van der Waals surface area contributed by atoms with Crippen molar-refractivity contribution in [2.75, 3.05) is 139 Å². The van der Waals surface area contributed by atoms with E-state index in [1.807, 2.05) is 0 Å². The van der Waals surface area contributed by atoms with Gasteiger partial charge < -0.3 is 168 Å². The number of aliphatic hydroxyl groups is 7. The summed E-state index contributed by atoms with van der Waals surface area (Å²) < 4.78 is 184. The van der Waals surface area contributed by atoms with Crippen LogP contribution in [0, 0.1) is 173 Å². The Balaban J connectivity index is 1.37. The number of aliphatic hydroxyl groups excluding tert-OH is 7. The summed E-state index contributed by atoms with van der Waals surface area (Å²) in [5, 5.41) is 81.1. The second-order valence-corrected chi connectivity index (χ2v) is 26.5. The first-order valence-corrected chi connectivity index (χ1v) is 37.3. The fraction of sp³-hybridized carbons (Fsp3) is 0.667. The summed E-state index contributed by atoms with van der Waals surface area (Å²) in [6.07, 6.45) is 24.7. The summed E-state index contributed by atoms with van der Waals surface area (Å²) in [4.78, 5) is 0. The van der Waals surface area contributed by atoms with E-state index in [1.54, 1.807) is 0 Å². The van der Waals surface area contributed by atoms with Gasteiger partial charge in [0.05, 0.1) is 46.2 Å². The van der Waals surface area contributed by atoms with Crippen LogP contribution in [0.4, 0.5) is 0 Å². The third-order valence-corrected chi connectivity index (χ3v) is 19.5. The fourth-order valence-corrected chi connectivity index (χ4v) is 14.8. The number of rotatable bonds is 35. The van der Waals surface area contributed by atoms with E-state index in [0.717, 1.165) is 0 Å². The van der Waals surface area contributed by atoms with Crippen molar-refractivity contribution in [3.8, 4) is 173 Å². The van der Waals surface area contributed by atoms with Gasteiger partial charge in [-0.3, -0.25) is 0 Å². The van der Waals surface area contributed by atoms with E-state index < -0.39 is 354 Å². The van der Waals surface area contributed by atoms with E-state index in [0.29, 0.717) is 0 Å². The zero-order valence-electron chi connectivity index (χ0n) is 64.7. The lowest BCUT2D eigenvalue weighted by Gasteiger charge is -2.52. The summed E-state index contributed by atoms with van der Waals surface area (Å²) in [7, 11) is 0. The molecule has 21 aliphatic rings. The predicted octanol–water partition coefficient (Wildman–Crippen LogP) is -6.03. The molecule has 35 atom stereocenters. The quantitative estimate of drug-likeness (QED) is 0.0290. The van der Waals surface area contributed by atoms with Crippen LogP contribution in [0.5, 0.6) is 0 Å². The zero-order valence-corrected chi connectivity index (χ0v) is 64.7. The van der Waals surface area contributed by atoms with Gasteiger partial charge in [0.1, 0.15) is 263 Å². The van der Waals surface area contributed by atoms with Crippen LogP contribution in [-0.4, -0.2) is 389 Å². The number of hydrogen-bond donors (Lipinski definition) is 7. The lowest BCUT2D eigenvalue weighted by atomic mass is 9.94. The highest BCUT2D eigenvalue weighted by atomic mass is 16.8. The molecule has 119 heavy (non-hydrogen) atoms. The third-order valence-electron chi connectivity index (χ3n) is 19.5. The molecule has 35 nitrogen and oxygen atoms in total. The second-order valence-electron chi connectivity index (χ2n) is 26.5. The Kier molecular flexibility index (Phi) is 41.8. The van der Waals surface area contributed by atoms with E-state index in [1.165, 1.54) is 0 Å². The summed E-state index contributed by atoms with van der Waals surface area (Å²) in [5.74, 6) is 33.6. The zero-order chi connectivity index (χ0) is 85.8. The highest BCUT2D eigenvalue weighted by Gasteiger charge is 2.63. The van der Waals surface area contributed by atoms with Crippen LogP contribution in [0.25, 0.3) is 0 Å². The lowest BCUT2D eigenvalue weighted by Crippen LogP contribution is -2.69. The predicted molar refractivity (Wildman–Crippen MR) is 404 cm³/mol. The molecular weight excluding hydrogens is 1570 g/mol. The number of hydrogen-bond acceptors (Lipinski definition) is 35. The van der Waals surface area contributed by atoms with E-state index in [-0.39, 0.29) is 0 Å². The molecule has 21 aliphatic heterocycles. The smallest absolute Gasteiger partial charge is 0.187 e. The minimum atomic E-state index is -1.81. The van der Waals surface area contributed by atoms with Gasteiger partial charge >= 0.3 is 0 Å². The van der Waals surface area contributed by atoms with Gasteiger partial charge in [-0.1, -0.05) is 82.9 Å². The molecule has 0 aromatic rings. The van der Waals surface area contributed by atoms with Crippen LogP contribution in [-0.2, 0) is 133 Å². The standard InChI is InChI=1S/C84H98O35/c1-15-29-92-64-57-50(43-85)106-78(71(64)99-36-22-8)114-58-51(44-86)108-80(73(101-38-24-10)65(58)93-30-16-2)116-60-53(46-88)110-82(75(103-40-26-12)67(60)95-32-18-4)118-62-55(48-90)112-84(77(105-42-28-14)69(62)97-34-20-6)119-63-56(49-91)111-83(76(104-41-27-13)70(63)98-35-21-7)117-61-54(47-89)109-81(74(102-39-25-11)68(61)96-33-19-5)115-59-52(45-87)107-79(113-57)72(100-37-23-9)66(59)94-31-17-3/h1-14,50-91H,29-49H2/t50-,51-,52-,53-,54-,55-,56-,57-,58-,59-,60-,61-,62-,63-,64+,65+,66+,67+,68+,69+,70+,71-,72-,73-,74-,75-,76-,77-,78-,79-,80-,81-,82-,83-,84-/m1/s1. The Bertz CT molecular complexity index is 3060. The van der Waals surface area contributed by atoms with Gasteiger partial charge in [-0.05, 0) is 0 Å². The van der Waals surface area contributed by atoms with Crippen LogP contribution in [0.2, 0.25) is 0 Å². The molecule has 35 heteroatoms. The molecule has 0 amide bonds. The first-order chi connectivity index (χ1) is 58.2. The molecule has 21 fully saturated rings. The highest BCUT2D eigenvalue weighted by Crippen LogP contribution is 2.44. The first-order valence-electron chi connectivity index (χ1n) is 37.3. The molecule has 14 bridgehead atoms. The monoisotopic (exact) mass is 1670 g/mol. The van der Waals surface area contributed by atoms with Crippen LogP contribution in [0.1, 0.15) is 0 Å². The summed E-state index contributed by atoms with van der Waals surface area (Å²) in [6, 6.07) is 0. The molecule has 21 rings (SSSR count). The fourth-order valence-electron chi connectivity index (χ4n) is 14.8. The summed E-state index contributed by atoms with van der Waals surface area (Å²) in [5.41, 5.74) is 0. The molecule has 21 saturated heterocycles. The molecule has 0 aromatic carbocycles. The van der Waals surface area contributed by atoms with E-state index >= 15 is 0 Å². The van der Waals surface area contributed by atoms with Crippen LogP contribution in [0.3, 0.4) is 0 Å². The average molecular weight is 1670 g/mol. The minimum Gasteiger partial charge on any atom is -0.394 e. The number of ether oxygens (including phenoxy) is 28. The molecule has 0 aliphatic carbocycles. The van der Waals surface area contributed by atoms with Crippen molar-refractivity contribution in [2.24, 2.45) is 0 Å². The molecule has 0 radical (unpaired) electrons. The highest BCUT2D eigenvalue weighted by molar-refractivity contribution is 5.09. The Morgan fingerprint density at radius 2 is 0.244 bits per heavy atom. The van der Waals surface area contributed by atoms with E-state index in [4.69, 9.17) is 223 Å². The molecule has 0 saturated carbocycles. The average Bonchev–Trinajstić information content (AvgIpc) is 0.806. The Hall–Kier alpha value is -7.56. The first kappa shape index (κ1) is 96.9. The van der Waals surface area contributed by atoms with Crippen molar-refractivity contribution in [2.45, 2.75) is 215 Å². The third kappa shape index (κ3) is 24.5.